The Hall–Kier alpha value is -2.18. The predicted molar refractivity (Wildman–Crippen MR) is 110 cm³/mol. The monoisotopic (exact) mass is 450 g/mol. The second-order valence-electron chi connectivity index (χ2n) is 8.06. The molecule has 0 bridgehead atoms. The Morgan fingerprint density at radius 1 is 0.833 bits per heavy atom. The van der Waals surface area contributed by atoms with Crippen LogP contribution < -0.4 is 0 Å². The van der Waals surface area contributed by atoms with Crippen molar-refractivity contribution in [3.8, 4) is 0 Å². The number of hydrogen-bond acceptors (Lipinski definition) is 6. The zero-order valence-corrected chi connectivity index (χ0v) is 20.0. The molecule has 0 aromatic rings. The van der Waals surface area contributed by atoms with Crippen molar-refractivity contribution in [3.63, 3.8) is 0 Å². The summed E-state index contributed by atoms with van der Waals surface area (Å²) in [5.41, 5.74) is 3.47. The van der Waals surface area contributed by atoms with Crippen molar-refractivity contribution in [2.75, 3.05) is 0 Å². The molecule has 0 heterocycles. The van der Waals surface area contributed by atoms with Gasteiger partial charge in [-0.2, -0.15) is 0 Å². The Bertz CT molecular complexity index is 835. The average molecular weight is 450 g/mol. The molecule has 1 atom stereocenters. The number of carbonyl (C=O) groups excluding carboxylic acids is 3. The van der Waals surface area contributed by atoms with E-state index in [1.807, 2.05) is 6.92 Å². The normalized spacial score (nSPS) is 18.5. The van der Waals surface area contributed by atoms with Gasteiger partial charge < -0.3 is 0 Å². The number of carbonyl (C=O) groups is 3. The van der Waals surface area contributed by atoms with Crippen LogP contribution in [0.25, 0.3) is 0 Å². The fourth-order valence-corrected chi connectivity index (χ4v) is 8.43. The molecule has 0 saturated carbocycles. The van der Waals surface area contributed by atoms with Crippen LogP contribution in [0.5, 0.6) is 0 Å². The van der Waals surface area contributed by atoms with Gasteiger partial charge in [-0.3, -0.25) is 0 Å². The minimum absolute atomic E-state index is 0.0934. The van der Waals surface area contributed by atoms with E-state index in [1.165, 1.54) is 26.3 Å². The first kappa shape index (κ1) is 24.1. The van der Waals surface area contributed by atoms with E-state index >= 15 is 0 Å². The van der Waals surface area contributed by atoms with Crippen molar-refractivity contribution < 1.29 is 42.1 Å². The SMILES string of the molecule is C=C(C)C(=O)[O][Ti]([O]C(=O)C(=C)C)([O]C(=O)C(=C)C)[C]1=C(C)C(C)C2=C1CCCC2. The molecule has 0 amide bonds. The molecule has 0 saturated heterocycles. The van der Waals surface area contributed by atoms with Crippen LogP contribution in [-0.2, 0) is 42.1 Å². The predicted octanol–water partition coefficient (Wildman–Crippen LogP) is 5.04. The topological polar surface area (TPSA) is 78.9 Å². The molecule has 2 aliphatic carbocycles. The van der Waals surface area contributed by atoms with Gasteiger partial charge in [0.2, 0.25) is 0 Å². The van der Waals surface area contributed by atoms with E-state index in [1.54, 1.807) is 0 Å². The fourth-order valence-electron chi connectivity index (χ4n) is 3.68. The summed E-state index contributed by atoms with van der Waals surface area (Å²) in [5, 5.41) is 0. The zero-order valence-electron chi connectivity index (χ0n) is 18.5. The van der Waals surface area contributed by atoms with Gasteiger partial charge in [0, 0.05) is 0 Å². The van der Waals surface area contributed by atoms with Gasteiger partial charge >= 0.3 is 183 Å². The Morgan fingerprint density at radius 3 is 1.63 bits per heavy atom. The molecule has 1 unspecified atom stereocenters. The van der Waals surface area contributed by atoms with Crippen molar-refractivity contribution in [1.82, 2.24) is 0 Å². The maximum absolute atomic E-state index is 12.6. The first-order valence-corrected chi connectivity index (χ1v) is 12.7. The third-order valence-electron chi connectivity index (χ3n) is 5.41. The minimum atomic E-state index is -5.06. The molecule has 0 spiro atoms. The average Bonchev–Trinajstić information content (AvgIpc) is 2.92. The second-order valence-corrected chi connectivity index (χ2v) is 11.5. The molecular weight excluding hydrogens is 420 g/mol. The molecule has 0 radical (unpaired) electrons. The zero-order chi connectivity index (χ0) is 22.8. The molecule has 2 rings (SSSR count). The summed E-state index contributed by atoms with van der Waals surface area (Å²) >= 11 is -5.06. The third kappa shape index (κ3) is 4.76. The van der Waals surface area contributed by atoms with Crippen molar-refractivity contribution in [3.05, 3.63) is 57.1 Å². The van der Waals surface area contributed by atoms with Gasteiger partial charge in [-0.1, -0.05) is 0 Å². The molecule has 0 aliphatic heterocycles. The third-order valence-corrected chi connectivity index (χ3v) is 9.58. The van der Waals surface area contributed by atoms with Crippen molar-refractivity contribution >= 4 is 17.9 Å². The van der Waals surface area contributed by atoms with Crippen LogP contribution in [0.3, 0.4) is 0 Å². The first-order chi connectivity index (χ1) is 13.9. The molecule has 6 nitrogen and oxygen atoms in total. The standard InChI is InChI=1S/C11H15.3C4H6O2.Ti/c1-8-7-10-5-3-4-6-11(10)9(8)2;3*1-3(2)4(5)6;/h9H,3-6H2,1-2H3;3*1H2,2H3,(H,5,6);/q;;;;+3/p-3. The molecule has 0 fully saturated rings. The molecule has 0 aromatic carbocycles. The van der Waals surface area contributed by atoms with Crippen LogP contribution in [-0.4, -0.2) is 17.9 Å². The molecular formula is C23H30O6Ti. The molecule has 30 heavy (non-hydrogen) atoms. The van der Waals surface area contributed by atoms with E-state index < -0.39 is 35.7 Å². The van der Waals surface area contributed by atoms with E-state index in [2.05, 4.69) is 26.7 Å². The Kier molecular flexibility index (Phi) is 7.48. The molecule has 7 heteroatoms. The quantitative estimate of drug-likeness (QED) is 0.400. The van der Waals surface area contributed by atoms with E-state index in [0.29, 0.717) is 3.88 Å². The number of hydrogen-bond donors (Lipinski definition) is 0. The van der Waals surface area contributed by atoms with Crippen LogP contribution >= 0.6 is 0 Å². The Morgan fingerprint density at radius 2 is 1.23 bits per heavy atom. The van der Waals surface area contributed by atoms with Crippen LogP contribution in [0.4, 0.5) is 0 Å². The van der Waals surface area contributed by atoms with E-state index in [9.17, 15) is 14.4 Å². The number of rotatable bonds is 7. The summed E-state index contributed by atoms with van der Waals surface area (Å²) in [6.45, 7) is 19.3. The van der Waals surface area contributed by atoms with Gasteiger partial charge in [-0.15, -0.1) is 0 Å². The van der Waals surface area contributed by atoms with Gasteiger partial charge in [-0.25, -0.2) is 0 Å². The van der Waals surface area contributed by atoms with E-state index in [-0.39, 0.29) is 22.6 Å². The van der Waals surface area contributed by atoms with E-state index in [4.69, 9.17) is 9.96 Å². The summed E-state index contributed by atoms with van der Waals surface area (Å²) in [4.78, 5) is 37.9. The summed E-state index contributed by atoms with van der Waals surface area (Å²) in [5.74, 6) is -2.21. The van der Waals surface area contributed by atoms with Gasteiger partial charge in [0.05, 0.1) is 0 Å². The van der Waals surface area contributed by atoms with Crippen molar-refractivity contribution in [2.24, 2.45) is 5.92 Å². The second kappa shape index (κ2) is 9.31. The first-order valence-electron chi connectivity index (χ1n) is 10.0. The Labute approximate surface area is 183 Å². The molecule has 162 valence electrons. The van der Waals surface area contributed by atoms with Crippen LogP contribution in [0.1, 0.15) is 60.3 Å². The summed E-state index contributed by atoms with van der Waals surface area (Å²) in [7, 11) is 0. The van der Waals surface area contributed by atoms with Crippen molar-refractivity contribution in [1.29, 1.82) is 0 Å². The van der Waals surface area contributed by atoms with Gasteiger partial charge in [-0.05, 0) is 0 Å². The summed E-state index contributed by atoms with van der Waals surface area (Å²) in [6, 6.07) is 0. The van der Waals surface area contributed by atoms with Crippen LogP contribution in [0.2, 0.25) is 0 Å². The number of allylic oxidation sites excluding steroid dienone is 4. The van der Waals surface area contributed by atoms with Crippen LogP contribution in [0.15, 0.2) is 57.1 Å². The van der Waals surface area contributed by atoms with Gasteiger partial charge in [0.15, 0.2) is 0 Å². The van der Waals surface area contributed by atoms with E-state index in [0.717, 1.165) is 36.8 Å². The fraction of sp³-hybridized carbons (Fsp3) is 0.435. The van der Waals surface area contributed by atoms with Crippen LogP contribution in [0, 0.1) is 5.92 Å². The summed E-state index contributed by atoms with van der Waals surface area (Å²) < 4.78 is 17.9. The molecule has 0 aromatic heterocycles. The molecule has 2 aliphatic rings. The van der Waals surface area contributed by atoms with Crippen molar-refractivity contribution in [2.45, 2.75) is 60.3 Å². The maximum atomic E-state index is 12.6. The Balaban J connectivity index is 2.75. The molecule has 0 N–H and O–H groups in total. The summed E-state index contributed by atoms with van der Waals surface area (Å²) in [6.07, 6.45) is 3.68. The van der Waals surface area contributed by atoms with Gasteiger partial charge in [0.1, 0.15) is 0 Å². The van der Waals surface area contributed by atoms with Gasteiger partial charge in [0.25, 0.3) is 0 Å².